The van der Waals surface area contributed by atoms with Crippen LogP contribution >= 0.6 is 0 Å². The Bertz CT molecular complexity index is 291. The van der Waals surface area contributed by atoms with E-state index in [-0.39, 0.29) is 18.4 Å². The van der Waals surface area contributed by atoms with Gasteiger partial charge < -0.3 is 9.64 Å². The Hall–Kier alpha value is -1.13. The van der Waals surface area contributed by atoms with E-state index in [0.29, 0.717) is 25.9 Å². The predicted octanol–water partition coefficient (Wildman–Crippen LogP) is 2.52. The molecule has 1 aliphatic heterocycles. The van der Waals surface area contributed by atoms with E-state index in [9.17, 15) is 14.0 Å². The first-order chi connectivity index (χ1) is 7.78. The lowest BCUT2D eigenvalue weighted by Gasteiger charge is -2.32. The number of halogens is 1. The molecule has 1 fully saturated rings. The zero-order chi connectivity index (χ0) is 13.1. The second-order valence-electron chi connectivity index (χ2n) is 5.47. The maximum atomic E-state index is 12.2. The van der Waals surface area contributed by atoms with Crippen molar-refractivity contribution in [3.05, 3.63) is 0 Å². The van der Waals surface area contributed by atoms with E-state index in [1.807, 2.05) is 20.8 Å². The summed E-state index contributed by atoms with van der Waals surface area (Å²) in [6, 6.07) is -1.26. The third kappa shape index (κ3) is 5.15. The molecule has 5 heteroatoms. The molecule has 0 aromatic rings. The third-order valence-electron chi connectivity index (χ3n) is 2.72. The van der Waals surface area contributed by atoms with Gasteiger partial charge in [-0.15, -0.1) is 0 Å². The molecule has 0 radical (unpaired) electrons. The molecule has 0 atom stereocenters. The molecule has 0 aliphatic carbocycles. The third-order valence-corrected chi connectivity index (χ3v) is 2.72. The van der Waals surface area contributed by atoms with Crippen LogP contribution in [0.15, 0.2) is 0 Å². The average Bonchev–Trinajstić information content (AvgIpc) is 2.15. The number of likely N-dealkylation sites (tertiary alicyclic amines) is 1. The molecule has 1 rings (SSSR count). The predicted molar refractivity (Wildman–Crippen MR) is 61.3 cm³/mol. The van der Waals surface area contributed by atoms with Crippen molar-refractivity contribution in [1.29, 1.82) is 0 Å². The number of nitrogens with zero attached hydrogens (tertiary/aromatic N) is 1. The first kappa shape index (κ1) is 13.9. The number of carbonyl (C=O) groups excluding carboxylic acids is 2. The number of amides is 1. The second-order valence-corrected chi connectivity index (χ2v) is 5.47. The van der Waals surface area contributed by atoms with Crippen molar-refractivity contribution < 1.29 is 18.7 Å². The summed E-state index contributed by atoms with van der Waals surface area (Å²) in [4.78, 5) is 23.7. The van der Waals surface area contributed by atoms with Crippen LogP contribution in [0.2, 0.25) is 0 Å². The number of rotatable bonds is 2. The molecule has 1 saturated heterocycles. The Kier molecular flexibility index (Phi) is 4.48. The van der Waals surface area contributed by atoms with E-state index in [4.69, 9.17) is 4.74 Å². The Morgan fingerprint density at radius 3 is 2.24 bits per heavy atom. The van der Waals surface area contributed by atoms with Crippen LogP contribution in [0.4, 0.5) is 9.18 Å². The van der Waals surface area contributed by atoms with Crippen LogP contribution in [0, 0.1) is 5.92 Å². The summed E-state index contributed by atoms with van der Waals surface area (Å²) in [5.74, 6) is 0.0613. The lowest BCUT2D eigenvalue weighted by molar-refractivity contribution is -0.130. The lowest BCUT2D eigenvalue weighted by Crippen LogP contribution is -2.41. The van der Waals surface area contributed by atoms with E-state index in [1.54, 1.807) is 4.90 Å². The van der Waals surface area contributed by atoms with Gasteiger partial charge in [-0.25, -0.2) is 4.79 Å². The molecule has 17 heavy (non-hydrogen) atoms. The van der Waals surface area contributed by atoms with Crippen LogP contribution in [0.1, 0.15) is 40.0 Å². The number of piperidine rings is 1. The van der Waals surface area contributed by atoms with E-state index in [0.717, 1.165) is 0 Å². The van der Waals surface area contributed by atoms with Gasteiger partial charge in [-0.3, -0.25) is 4.79 Å². The highest BCUT2D eigenvalue weighted by molar-refractivity contribution is 5.69. The molecule has 0 saturated carbocycles. The Labute approximate surface area is 101 Å². The van der Waals surface area contributed by atoms with E-state index in [2.05, 4.69) is 0 Å². The van der Waals surface area contributed by atoms with Crippen molar-refractivity contribution in [3.63, 3.8) is 0 Å². The second kappa shape index (κ2) is 5.47. The fourth-order valence-corrected chi connectivity index (χ4v) is 1.87. The summed E-state index contributed by atoms with van der Waals surface area (Å²) >= 11 is 0. The number of ether oxygens (including phenoxy) is 1. The van der Waals surface area contributed by atoms with Gasteiger partial charge in [-0.2, -0.15) is 4.39 Å². The van der Waals surface area contributed by atoms with Crippen LogP contribution in [-0.4, -0.2) is 35.7 Å². The van der Waals surface area contributed by atoms with Crippen LogP contribution in [-0.2, 0) is 9.53 Å². The Balaban J connectivity index is 2.36. The quantitative estimate of drug-likeness (QED) is 0.702. The maximum absolute atomic E-state index is 12.2. The molecule has 1 aliphatic rings. The fourth-order valence-electron chi connectivity index (χ4n) is 1.87. The van der Waals surface area contributed by atoms with Gasteiger partial charge in [0.15, 0.2) is 0 Å². The van der Waals surface area contributed by atoms with Crippen molar-refractivity contribution in [3.8, 4) is 0 Å². The molecular weight excluding hydrogens is 225 g/mol. The highest BCUT2D eigenvalue weighted by Gasteiger charge is 2.27. The molecule has 1 amide bonds. The van der Waals surface area contributed by atoms with Gasteiger partial charge in [-0.05, 0) is 39.5 Å². The monoisotopic (exact) mass is 245 g/mol. The zero-order valence-corrected chi connectivity index (χ0v) is 10.7. The van der Waals surface area contributed by atoms with Crippen molar-refractivity contribution in [2.24, 2.45) is 5.92 Å². The maximum Gasteiger partial charge on any atom is 0.410 e. The van der Waals surface area contributed by atoms with Gasteiger partial charge in [0.2, 0.25) is 0 Å². The molecule has 98 valence electrons. The topological polar surface area (TPSA) is 46.6 Å². The zero-order valence-electron chi connectivity index (χ0n) is 10.7. The van der Waals surface area contributed by atoms with Gasteiger partial charge >= 0.3 is 12.1 Å². The number of hydrogen-bond donors (Lipinski definition) is 0. The van der Waals surface area contributed by atoms with Gasteiger partial charge in [-0.1, -0.05) is 0 Å². The first-order valence-corrected chi connectivity index (χ1v) is 5.94. The highest BCUT2D eigenvalue weighted by atomic mass is 19.1. The number of carbonyl (C=O) groups is 2. The molecule has 0 aromatic carbocycles. The largest absolute Gasteiger partial charge is 0.444 e. The Morgan fingerprint density at radius 2 is 1.82 bits per heavy atom. The van der Waals surface area contributed by atoms with Gasteiger partial charge in [0, 0.05) is 19.5 Å². The molecule has 0 N–H and O–H groups in total. The molecular formula is C12H20FNO3. The minimum Gasteiger partial charge on any atom is -0.444 e. The molecule has 4 nitrogen and oxygen atoms in total. The summed E-state index contributed by atoms with van der Waals surface area (Å²) in [5, 5.41) is 0. The minimum atomic E-state index is -1.26. The van der Waals surface area contributed by atoms with E-state index in [1.165, 1.54) is 0 Å². The summed E-state index contributed by atoms with van der Waals surface area (Å²) in [7, 11) is 0. The van der Waals surface area contributed by atoms with E-state index < -0.39 is 11.6 Å². The van der Waals surface area contributed by atoms with Gasteiger partial charge in [0.25, 0.3) is 0 Å². The van der Waals surface area contributed by atoms with Crippen molar-refractivity contribution >= 4 is 12.1 Å². The molecule has 1 heterocycles. The summed E-state index contributed by atoms with van der Waals surface area (Å²) in [6.45, 7) is 6.53. The fraction of sp³-hybridized carbons (Fsp3) is 0.833. The SMILES string of the molecule is CC(C)(C)OC(=O)N1CCC(CC(=O)F)CC1. The van der Waals surface area contributed by atoms with Crippen LogP contribution in [0.3, 0.4) is 0 Å². The van der Waals surface area contributed by atoms with Crippen molar-refractivity contribution in [1.82, 2.24) is 4.90 Å². The van der Waals surface area contributed by atoms with Crippen LogP contribution in [0.5, 0.6) is 0 Å². The summed E-state index contributed by atoms with van der Waals surface area (Å²) in [6.07, 6.45) is 0.967. The highest BCUT2D eigenvalue weighted by Crippen LogP contribution is 2.22. The van der Waals surface area contributed by atoms with Crippen LogP contribution < -0.4 is 0 Å². The molecule has 0 aromatic heterocycles. The van der Waals surface area contributed by atoms with Crippen molar-refractivity contribution in [2.45, 2.75) is 45.6 Å². The van der Waals surface area contributed by atoms with Crippen molar-refractivity contribution in [2.75, 3.05) is 13.1 Å². The lowest BCUT2D eigenvalue weighted by atomic mass is 9.94. The normalized spacial score (nSPS) is 18.0. The Morgan fingerprint density at radius 1 is 1.29 bits per heavy atom. The van der Waals surface area contributed by atoms with Crippen LogP contribution in [0.25, 0.3) is 0 Å². The first-order valence-electron chi connectivity index (χ1n) is 5.94. The molecule has 0 bridgehead atoms. The summed E-state index contributed by atoms with van der Waals surface area (Å²) < 4.78 is 17.5. The minimum absolute atomic E-state index is 0.0256. The smallest absolute Gasteiger partial charge is 0.410 e. The standard InChI is InChI=1S/C12H20FNO3/c1-12(2,3)17-11(16)14-6-4-9(5-7-14)8-10(13)15/h9H,4-8H2,1-3H3. The van der Waals surface area contributed by atoms with E-state index >= 15 is 0 Å². The van der Waals surface area contributed by atoms with Gasteiger partial charge in [0.05, 0.1) is 0 Å². The molecule has 0 unspecified atom stereocenters. The average molecular weight is 245 g/mol. The molecule has 0 spiro atoms. The van der Waals surface area contributed by atoms with Gasteiger partial charge in [0.1, 0.15) is 5.60 Å². The number of hydrogen-bond acceptors (Lipinski definition) is 3. The summed E-state index contributed by atoms with van der Waals surface area (Å²) in [5.41, 5.74) is -0.497.